The van der Waals surface area contributed by atoms with E-state index in [9.17, 15) is 8.42 Å². The Morgan fingerprint density at radius 3 is 2.59 bits per heavy atom. The molecule has 0 radical (unpaired) electrons. The lowest BCUT2D eigenvalue weighted by Gasteiger charge is -2.08. The summed E-state index contributed by atoms with van der Waals surface area (Å²) in [6.45, 7) is 1.99. The van der Waals surface area contributed by atoms with Crippen molar-refractivity contribution < 1.29 is 13.2 Å². The molecule has 6 heteroatoms. The molecule has 0 aromatic heterocycles. The van der Waals surface area contributed by atoms with Crippen LogP contribution in [0.1, 0.15) is 13.3 Å². The van der Waals surface area contributed by atoms with Gasteiger partial charge in [0, 0.05) is 16.2 Å². The third-order valence-corrected chi connectivity index (χ3v) is 4.35. The Labute approximate surface area is 110 Å². The van der Waals surface area contributed by atoms with Crippen LogP contribution in [0.3, 0.4) is 0 Å². The van der Waals surface area contributed by atoms with Crippen LogP contribution in [0.15, 0.2) is 22.7 Å². The van der Waals surface area contributed by atoms with Crippen LogP contribution in [0.5, 0.6) is 5.75 Å². The van der Waals surface area contributed by atoms with E-state index in [1.807, 2.05) is 6.92 Å². The highest BCUT2D eigenvalue weighted by Gasteiger charge is 2.09. The summed E-state index contributed by atoms with van der Waals surface area (Å²) in [5, 5.41) is 0. The molecule has 0 heterocycles. The summed E-state index contributed by atoms with van der Waals surface area (Å²) in [6.07, 6.45) is 0.631. The van der Waals surface area contributed by atoms with Crippen LogP contribution in [0.25, 0.3) is 0 Å². The van der Waals surface area contributed by atoms with Crippen molar-refractivity contribution in [2.24, 2.45) is 0 Å². The normalized spacial score (nSPS) is 11.4. The molecule has 0 unspecified atom stereocenters. The molecule has 0 fully saturated rings. The van der Waals surface area contributed by atoms with Gasteiger partial charge in [0.05, 0.1) is 11.5 Å². The number of halogens is 1. The van der Waals surface area contributed by atoms with E-state index in [4.69, 9.17) is 10.5 Å². The highest BCUT2D eigenvalue weighted by Crippen LogP contribution is 2.22. The molecular weight excluding hydrogens is 306 g/mol. The van der Waals surface area contributed by atoms with Crippen molar-refractivity contribution in [1.29, 1.82) is 0 Å². The number of sulfone groups is 1. The molecule has 96 valence electrons. The zero-order chi connectivity index (χ0) is 12.9. The van der Waals surface area contributed by atoms with E-state index in [1.54, 1.807) is 18.2 Å². The van der Waals surface area contributed by atoms with Gasteiger partial charge in [0.2, 0.25) is 0 Å². The van der Waals surface area contributed by atoms with Crippen LogP contribution < -0.4 is 10.5 Å². The van der Waals surface area contributed by atoms with E-state index in [0.29, 0.717) is 17.9 Å². The Bertz CT molecular complexity index is 453. The predicted molar refractivity (Wildman–Crippen MR) is 73.0 cm³/mol. The molecule has 0 bridgehead atoms. The lowest BCUT2D eigenvalue weighted by Crippen LogP contribution is -2.16. The lowest BCUT2D eigenvalue weighted by molar-refractivity contribution is 0.341. The van der Waals surface area contributed by atoms with Crippen molar-refractivity contribution in [1.82, 2.24) is 0 Å². The van der Waals surface area contributed by atoms with Gasteiger partial charge in [-0.05, 0) is 18.6 Å². The lowest BCUT2D eigenvalue weighted by atomic mass is 10.3. The minimum atomic E-state index is -2.99. The number of hydrogen-bond acceptors (Lipinski definition) is 4. The molecule has 1 aromatic carbocycles. The molecule has 0 aliphatic carbocycles. The van der Waals surface area contributed by atoms with Crippen LogP contribution in [-0.2, 0) is 9.84 Å². The maximum Gasteiger partial charge on any atom is 0.153 e. The quantitative estimate of drug-likeness (QED) is 0.816. The topological polar surface area (TPSA) is 69.4 Å². The zero-order valence-electron chi connectivity index (χ0n) is 9.65. The van der Waals surface area contributed by atoms with Gasteiger partial charge in [-0.2, -0.15) is 0 Å². The number of hydrogen-bond donors (Lipinski definition) is 1. The van der Waals surface area contributed by atoms with Crippen LogP contribution in [0, 0.1) is 0 Å². The summed E-state index contributed by atoms with van der Waals surface area (Å²) in [5.41, 5.74) is 6.21. The largest absolute Gasteiger partial charge is 0.492 e. The standard InChI is InChI=1S/C11H16BrNO3S/c1-2-4-17(14,15)5-3-16-11-7-9(12)6-10(13)8-11/h6-8H,2-5,13H2,1H3. The highest BCUT2D eigenvalue weighted by atomic mass is 79.9. The number of anilines is 1. The first-order valence-electron chi connectivity index (χ1n) is 5.32. The molecule has 0 aliphatic heterocycles. The number of ether oxygens (including phenoxy) is 1. The third kappa shape index (κ3) is 5.41. The number of benzene rings is 1. The molecular formula is C11H16BrNO3S. The Kier molecular flexibility index (Phi) is 5.27. The van der Waals surface area contributed by atoms with Gasteiger partial charge in [-0.3, -0.25) is 0 Å². The van der Waals surface area contributed by atoms with E-state index >= 15 is 0 Å². The maximum absolute atomic E-state index is 11.4. The monoisotopic (exact) mass is 321 g/mol. The fourth-order valence-electron chi connectivity index (χ4n) is 1.37. The first kappa shape index (κ1) is 14.3. The van der Waals surface area contributed by atoms with E-state index < -0.39 is 9.84 Å². The van der Waals surface area contributed by atoms with E-state index in [1.165, 1.54) is 0 Å². The molecule has 0 saturated heterocycles. The molecule has 0 amide bonds. The van der Waals surface area contributed by atoms with E-state index in [2.05, 4.69) is 15.9 Å². The number of nitrogens with two attached hydrogens (primary N) is 1. The summed E-state index contributed by atoms with van der Waals surface area (Å²) >= 11 is 3.29. The van der Waals surface area contributed by atoms with Gasteiger partial charge in [-0.15, -0.1) is 0 Å². The van der Waals surface area contributed by atoms with Crippen molar-refractivity contribution in [2.45, 2.75) is 13.3 Å². The van der Waals surface area contributed by atoms with Gasteiger partial charge in [0.15, 0.2) is 9.84 Å². The average molecular weight is 322 g/mol. The van der Waals surface area contributed by atoms with Gasteiger partial charge in [0.1, 0.15) is 12.4 Å². The molecule has 0 saturated carbocycles. The summed E-state index contributed by atoms with van der Waals surface area (Å²) in [5.74, 6) is 0.813. The number of rotatable bonds is 6. The molecule has 2 N–H and O–H groups in total. The van der Waals surface area contributed by atoms with Crippen molar-refractivity contribution in [2.75, 3.05) is 23.8 Å². The number of nitrogen functional groups attached to an aromatic ring is 1. The van der Waals surface area contributed by atoms with Gasteiger partial charge in [-0.25, -0.2) is 8.42 Å². The van der Waals surface area contributed by atoms with Gasteiger partial charge in [-0.1, -0.05) is 22.9 Å². The molecule has 1 aromatic rings. The third-order valence-electron chi connectivity index (χ3n) is 2.07. The minimum absolute atomic E-state index is 0.0350. The minimum Gasteiger partial charge on any atom is -0.492 e. The molecule has 0 atom stereocenters. The summed E-state index contributed by atoms with van der Waals surface area (Å²) in [4.78, 5) is 0. The van der Waals surface area contributed by atoms with E-state index in [0.717, 1.165) is 4.47 Å². The van der Waals surface area contributed by atoms with Crippen LogP contribution in [0.2, 0.25) is 0 Å². The Hall–Kier alpha value is -0.750. The smallest absolute Gasteiger partial charge is 0.153 e. The van der Waals surface area contributed by atoms with Crippen molar-refractivity contribution in [3.8, 4) is 5.75 Å². The van der Waals surface area contributed by atoms with Crippen LogP contribution in [0.4, 0.5) is 5.69 Å². The Morgan fingerprint density at radius 2 is 2.00 bits per heavy atom. The first-order chi connectivity index (χ1) is 7.93. The van der Waals surface area contributed by atoms with E-state index in [-0.39, 0.29) is 18.1 Å². The Balaban J connectivity index is 2.51. The molecule has 0 spiro atoms. The Morgan fingerprint density at radius 1 is 1.29 bits per heavy atom. The van der Waals surface area contributed by atoms with Crippen molar-refractivity contribution in [3.05, 3.63) is 22.7 Å². The molecule has 4 nitrogen and oxygen atoms in total. The average Bonchev–Trinajstić information content (AvgIpc) is 2.15. The van der Waals surface area contributed by atoms with Gasteiger partial charge in [0.25, 0.3) is 0 Å². The van der Waals surface area contributed by atoms with Gasteiger partial charge >= 0.3 is 0 Å². The fourth-order valence-corrected chi connectivity index (χ4v) is 3.02. The van der Waals surface area contributed by atoms with Crippen LogP contribution in [-0.4, -0.2) is 26.5 Å². The SMILES string of the molecule is CCCS(=O)(=O)CCOc1cc(N)cc(Br)c1. The zero-order valence-corrected chi connectivity index (χ0v) is 12.1. The van der Waals surface area contributed by atoms with Crippen molar-refractivity contribution >= 4 is 31.5 Å². The second-order valence-electron chi connectivity index (χ2n) is 3.72. The first-order valence-corrected chi connectivity index (χ1v) is 7.93. The summed E-state index contributed by atoms with van der Waals surface area (Å²) < 4.78 is 29.1. The molecule has 1 rings (SSSR count). The maximum atomic E-state index is 11.4. The summed E-state index contributed by atoms with van der Waals surface area (Å²) in [7, 11) is -2.99. The summed E-state index contributed by atoms with van der Waals surface area (Å²) in [6, 6.07) is 5.17. The second-order valence-corrected chi connectivity index (χ2v) is 6.94. The van der Waals surface area contributed by atoms with Gasteiger partial charge < -0.3 is 10.5 Å². The van der Waals surface area contributed by atoms with Crippen molar-refractivity contribution in [3.63, 3.8) is 0 Å². The second kappa shape index (κ2) is 6.26. The predicted octanol–water partition coefficient (Wildman–Crippen LogP) is 2.23. The highest BCUT2D eigenvalue weighted by molar-refractivity contribution is 9.10. The van der Waals surface area contributed by atoms with Crippen LogP contribution >= 0.6 is 15.9 Å². The molecule has 17 heavy (non-hydrogen) atoms. The fraction of sp³-hybridized carbons (Fsp3) is 0.455. The molecule has 0 aliphatic rings.